The molecule has 0 saturated carbocycles. The van der Waals surface area contributed by atoms with Crippen LogP contribution in [0.5, 0.6) is 5.75 Å². The summed E-state index contributed by atoms with van der Waals surface area (Å²) in [7, 11) is 1.65. The van der Waals surface area contributed by atoms with Crippen molar-refractivity contribution in [3.8, 4) is 28.9 Å². The summed E-state index contributed by atoms with van der Waals surface area (Å²) in [6.07, 6.45) is 1.06. The van der Waals surface area contributed by atoms with Crippen LogP contribution < -0.4 is 4.74 Å². The second-order valence-corrected chi connectivity index (χ2v) is 6.90. The summed E-state index contributed by atoms with van der Waals surface area (Å²) in [5, 5.41) is 19.3. The number of ether oxygens (including phenoxy) is 1. The van der Waals surface area contributed by atoms with Crippen LogP contribution in [0, 0.1) is 18.3 Å². The minimum Gasteiger partial charge on any atom is -0.496 e. The molecule has 0 spiro atoms. The van der Waals surface area contributed by atoms with Gasteiger partial charge in [-0.25, -0.2) is 9.97 Å². The lowest BCUT2D eigenvalue weighted by Crippen LogP contribution is -2.03. The van der Waals surface area contributed by atoms with Crippen LogP contribution in [-0.2, 0) is 0 Å². The molecule has 0 amide bonds. The van der Waals surface area contributed by atoms with Gasteiger partial charge in [-0.1, -0.05) is 18.2 Å². The highest BCUT2D eigenvalue weighted by Crippen LogP contribution is 2.30. The molecule has 4 aromatic rings. The van der Waals surface area contributed by atoms with Crippen molar-refractivity contribution in [1.29, 1.82) is 5.26 Å². The Balaban J connectivity index is 1.89. The predicted octanol–water partition coefficient (Wildman–Crippen LogP) is 4.33. The number of fused-ring (bicyclic) bond motifs is 1. The van der Waals surface area contributed by atoms with E-state index in [9.17, 15) is 5.11 Å². The van der Waals surface area contributed by atoms with Gasteiger partial charge < -0.3 is 9.84 Å². The van der Waals surface area contributed by atoms with Crippen LogP contribution in [0.25, 0.3) is 28.1 Å². The zero-order valence-corrected chi connectivity index (χ0v) is 16.4. The zero-order valence-electron chi connectivity index (χ0n) is 16.4. The number of aliphatic hydroxyl groups excluding tert-OH is 1. The molecule has 0 aliphatic carbocycles. The van der Waals surface area contributed by atoms with E-state index < -0.39 is 6.10 Å². The highest BCUT2D eigenvalue weighted by molar-refractivity contribution is 5.80. The molecule has 0 saturated heterocycles. The van der Waals surface area contributed by atoms with Gasteiger partial charge in [-0.15, -0.1) is 0 Å². The first-order chi connectivity index (χ1) is 14.0. The molecule has 4 rings (SSSR count). The summed E-state index contributed by atoms with van der Waals surface area (Å²) in [5.74, 6) is 1.47. The third kappa shape index (κ3) is 3.33. The number of hydrogen-bond acceptors (Lipinski definition) is 5. The average molecular weight is 384 g/mol. The van der Waals surface area contributed by atoms with E-state index in [1.54, 1.807) is 32.5 Å². The molecule has 144 valence electrons. The molecular weight excluding hydrogens is 364 g/mol. The number of pyridine rings is 1. The lowest BCUT2D eigenvalue weighted by Gasteiger charge is -2.14. The van der Waals surface area contributed by atoms with E-state index in [2.05, 4.69) is 11.1 Å². The molecule has 1 N–H and O–H groups in total. The number of hydrogen-bond donors (Lipinski definition) is 1. The molecule has 0 aliphatic heterocycles. The third-order valence-corrected chi connectivity index (χ3v) is 4.96. The molecule has 0 fully saturated rings. The Hall–Kier alpha value is -3.69. The summed E-state index contributed by atoms with van der Waals surface area (Å²) < 4.78 is 7.36. The van der Waals surface area contributed by atoms with Crippen LogP contribution in [0.2, 0.25) is 0 Å². The molecule has 6 nitrogen and oxygen atoms in total. The van der Waals surface area contributed by atoms with E-state index in [1.165, 1.54) is 0 Å². The summed E-state index contributed by atoms with van der Waals surface area (Å²) in [4.78, 5) is 9.33. The Kier molecular flexibility index (Phi) is 4.75. The second-order valence-electron chi connectivity index (χ2n) is 6.90. The van der Waals surface area contributed by atoms with E-state index in [-0.39, 0.29) is 0 Å². The van der Waals surface area contributed by atoms with E-state index in [1.807, 2.05) is 47.9 Å². The lowest BCUT2D eigenvalue weighted by atomic mass is 10.0. The highest BCUT2D eigenvalue weighted by Gasteiger charge is 2.15. The van der Waals surface area contributed by atoms with E-state index in [0.29, 0.717) is 17.1 Å². The van der Waals surface area contributed by atoms with Gasteiger partial charge in [0.1, 0.15) is 17.9 Å². The second kappa shape index (κ2) is 7.38. The van der Waals surface area contributed by atoms with Crippen molar-refractivity contribution < 1.29 is 9.84 Å². The SMILES string of the molecule is COc1cc2c(cc1C)ncn2-c1ccc(C(C)O)c(-c2ccc(C#N)cc2)n1. The Morgan fingerprint density at radius 1 is 1.14 bits per heavy atom. The Morgan fingerprint density at radius 3 is 2.55 bits per heavy atom. The van der Waals surface area contributed by atoms with Crippen molar-refractivity contribution >= 4 is 11.0 Å². The summed E-state index contributed by atoms with van der Waals surface area (Å²) in [6, 6.07) is 17.0. The molecule has 1 unspecified atom stereocenters. The molecule has 29 heavy (non-hydrogen) atoms. The van der Waals surface area contributed by atoms with Crippen molar-refractivity contribution in [3.63, 3.8) is 0 Å². The number of imidazole rings is 1. The maximum Gasteiger partial charge on any atom is 0.139 e. The Morgan fingerprint density at radius 2 is 1.90 bits per heavy atom. The molecular formula is C23H20N4O2. The maximum absolute atomic E-state index is 10.2. The Bertz CT molecular complexity index is 1230. The molecule has 2 aromatic carbocycles. The normalized spacial score (nSPS) is 12.0. The number of aryl methyl sites for hydroxylation is 1. The van der Waals surface area contributed by atoms with Gasteiger partial charge in [0.2, 0.25) is 0 Å². The highest BCUT2D eigenvalue weighted by atomic mass is 16.5. The minimum atomic E-state index is -0.676. The van der Waals surface area contributed by atoms with Gasteiger partial charge >= 0.3 is 0 Å². The van der Waals surface area contributed by atoms with Crippen LogP contribution in [0.1, 0.15) is 29.7 Å². The van der Waals surface area contributed by atoms with Gasteiger partial charge in [-0.05, 0) is 43.7 Å². The standard InChI is InChI=1S/C23H20N4O2/c1-14-10-19-20(11-21(14)29-3)27(13-25-19)22-9-8-18(15(2)28)23(26-22)17-6-4-16(12-24)5-7-17/h4-11,13,15,28H,1-3H3. The maximum atomic E-state index is 10.2. The van der Waals surface area contributed by atoms with Gasteiger partial charge in [0.05, 0.1) is 41.6 Å². The molecule has 0 bridgehead atoms. The molecule has 1 atom stereocenters. The quantitative estimate of drug-likeness (QED) is 0.566. The van der Waals surface area contributed by atoms with Crippen LogP contribution in [0.15, 0.2) is 54.9 Å². The largest absolute Gasteiger partial charge is 0.496 e. The first-order valence-corrected chi connectivity index (χ1v) is 9.23. The van der Waals surface area contributed by atoms with Crippen molar-refractivity contribution in [2.45, 2.75) is 20.0 Å². The molecule has 0 radical (unpaired) electrons. The van der Waals surface area contributed by atoms with Crippen molar-refractivity contribution in [2.24, 2.45) is 0 Å². The number of methoxy groups -OCH3 is 1. The number of rotatable bonds is 4. The first kappa shape index (κ1) is 18.7. The van der Waals surface area contributed by atoms with Crippen molar-refractivity contribution in [3.05, 3.63) is 71.5 Å². The van der Waals surface area contributed by atoms with Crippen molar-refractivity contribution in [2.75, 3.05) is 7.11 Å². The molecule has 6 heteroatoms. The smallest absolute Gasteiger partial charge is 0.139 e. The van der Waals surface area contributed by atoms with Gasteiger partial charge in [0.15, 0.2) is 0 Å². The number of benzene rings is 2. The van der Waals surface area contributed by atoms with Crippen LogP contribution in [0.4, 0.5) is 0 Å². The third-order valence-electron chi connectivity index (χ3n) is 4.96. The number of aliphatic hydroxyl groups is 1. The lowest BCUT2D eigenvalue weighted by molar-refractivity contribution is 0.199. The fraction of sp³-hybridized carbons (Fsp3) is 0.174. The zero-order chi connectivity index (χ0) is 20.5. The number of nitriles is 1. The van der Waals surface area contributed by atoms with Crippen molar-refractivity contribution in [1.82, 2.24) is 14.5 Å². The summed E-state index contributed by atoms with van der Waals surface area (Å²) in [5.41, 5.74) is 5.55. The minimum absolute atomic E-state index is 0.576. The first-order valence-electron chi connectivity index (χ1n) is 9.23. The summed E-state index contributed by atoms with van der Waals surface area (Å²) in [6.45, 7) is 3.69. The van der Waals surface area contributed by atoms with Crippen LogP contribution in [0.3, 0.4) is 0 Å². The molecule has 2 aromatic heterocycles. The molecule has 0 aliphatic rings. The van der Waals surface area contributed by atoms with Gasteiger partial charge in [-0.3, -0.25) is 4.57 Å². The monoisotopic (exact) mass is 384 g/mol. The Labute approximate surface area is 168 Å². The fourth-order valence-electron chi connectivity index (χ4n) is 3.41. The fourth-order valence-corrected chi connectivity index (χ4v) is 3.41. The van der Waals surface area contributed by atoms with E-state index in [4.69, 9.17) is 15.0 Å². The van der Waals surface area contributed by atoms with Gasteiger partial charge in [-0.2, -0.15) is 5.26 Å². The summed E-state index contributed by atoms with van der Waals surface area (Å²) >= 11 is 0. The van der Waals surface area contributed by atoms with Gasteiger partial charge in [0, 0.05) is 17.2 Å². The predicted molar refractivity (Wildman–Crippen MR) is 111 cm³/mol. The molecule has 2 heterocycles. The van der Waals surface area contributed by atoms with Gasteiger partial charge in [0.25, 0.3) is 0 Å². The topological polar surface area (TPSA) is 84.0 Å². The van der Waals surface area contributed by atoms with Crippen LogP contribution >= 0.6 is 0 Å². The van der Waals surface area contributed by atoms with E-state index >= 15 is 0 Å². The number of aromatic nitrogens is 3. The van der Waals surface area contributed by atoms with Crippen LogP contribution in [-0.4, -0.2) is 26.8 Å². The average Bonchev–Trinajstić information content (AvgIpc) is 3.15. The van der Waals surface area contributed by atoms with E-state index in [0.717, 1.165) is 33.5 Å². The number of nitrogens with zero attached hydrogens (tertiary/aromatic N) is 4.